The summed E-state index contributed by atoms with van der Waals surface area (Å²) in [4.78, 5) is 2.62. The first-order valence-electron chi connectivity index (χ1n) is 5.52. The Morgan fingerprint density at radius 2 is 1.83 bits per heavy atom. The van der Waals surface area contributed by atoms with E-state index in [2.05, 4.69) is 25.7 Å². The lowest BCUT2D eigenvalue weighted by atomic mass is 9.86. The van der Waals surface area contributed by atoms with E-state index in [4.69, 9.17) is 0 Å². The summed E-state index contributed by atoms with van der Waals surface area (Å²) in [6.07, 6.45) is 5.77. The Bertz CT molecular complexity index is 118. The summed E-state index contributed by atoms with van der Waals surface area (Å²) < 4.78 is 0. The van der Waals surface area contributed by atoms with Crippen LogP contribution in [0.15, 0.2) is 0 Å². The van der Waals surface area contributed by atoms with Crippen molar-refractivity contribution in [1.82, 2.24) is 4.90 Å². The summed E-state index contributed by atoms with van der Waals surface area (Å²) in [7, 11) is 0. The van der Waals surface area contributed by atoms with Gasteiger partial charge in [-0.15, -0.1) is 0 Å². The van der Waals surface area contributed by atoms with E-state index in [0.717, 1.165) is 12.0 Å². The molecule has 12 heavy (non-hydrogen) atoms. The normalized spacial score (nSPS) is 31.0. The van der Waals surface area contributed by atoms with Crippen LogP contribution in [-0.4, -0.2) is 24.0 Å². The van der Waals surface area contributed by atoms with Crippen molar-refractivity contribution in [2.45, 2.75) is 52.5 Å². The molecule has 0 spiro atoms. The summed E-state index contributed by atoms with van der Waals surface area (Å²) in [5, 5.41) is 0. The number of rotatable bonds is 3. The molecule has 0 N–H and O–H groups in total. The molecule has 0 heterocycles. The van der Waals surface area contributed by atoms with Crippen LogP contribution in [0.5, 0.6) is 0 Å². The third kappa shape index (κ3) is 2.48. The first-order chi connectivity index (χ1) is 5.77. The van der Waals surface area contributed by atoms with Gasteiger partial charge in [-0.1, -0.05) is 33.6 Å². The van der Waals surface area contributed by atoms with Crippen molar-refractivity contribution in [1.29, 1.82) is 0 Å². The Morgan fingerprint density at radius 1 is 1.17 bits per heavy atom. The van der Waals surface area contributed by atoms with E-state index in [1.807, 2.05) is 0 Å². The van der Waals surface area contributed by atoms with Crippen LogP contribution in [0.1, 0.15) is 46.5 Å². The molecular weight excluding hydrogens is 146 g/mol. The van der Waals surface area contributed by atoms with Gasteiger partial charge in [0.05, 0.1) is 0 Å². The van der Waals surface area contributed by atoms with E-state index in [1.165, 1.54) is 38.8 Å². The summed E-state index contributed by atoms with van der Waals surface area (Å²) in [5.41, 5.74) is 0. The van der Waals surface area contributed by atoms with Crippen LogP contribution in [-0.2, 0) is 0 Å². The summed E-state index contributed by atoms with van der Waals surface area (Å²) in [5.74, 6) is 0.962. The van der Waals surface area contributed by atoms with E-state index in [1.54, 1.807) is 0 Å². The van der Waals surface area contributed by atoms with Crippen molar-refractivity contribution in [3.05, 3.63) is 0 Å². The van der Waals surface area contributed by atoms with Crippen LogP contribution >= 0.6 is 0 Å². The minimum atomic E-state index is 0.892. The molecule has 1 nitrogen and oxygen atoms in total. The van der Waals surface area contributed by atoms with E-state index in [0.29, 0.717) is 0 Å². The Kier molecular flexibility index (Phi) is 4.07. The Balaban J connectivity index is 2.38. The van der Waals surface area contributed by atoms with Crippen molar-refractivity contribution in [2.24, 2.45) is 5.92 Å². The van der Waals surface area contributed by atoms with Crippen molar-refractivity contribution in [3.8, 4) is 0 Å². The molecule has 0 aromatic heterocycles. The van der Waals surface area contributed by atoms with E-state index >= 15 is 0 Å². The van der Waals surface area contributed by atoms with Crippen molar-refractivity contribution >= 4 is 0 Å². The molecule has 0 amide bonds. The van der Waals surface area contributed by atoms with Crippen molar-refractivity contribution < 1.29 is 0 Å². The van der Waals surface area contributed by atoms with Crippen molar-refractivity contribution in [2.75, 3.05) is 13.1 Å². The molecular formula is C11H23N. The predicted molar refractivity (Wildman–Crippen MR) is 54.3 cm³/mol. The molecule has 0 aliphatic heterocycles. The standard InChI is InChI=1S/C11H23N/c1-4-12(5-2)11-8-6-7-10(3)9-11/h10-11H,4-9H2,1-3H3/t10-,11-/m0/s1. The molecule has 0 aromatic rings. The molecule has 1 rings (SSSR count). The summed E-state index contributed by atoms with van der Waals surface area (Å²) in [6.45, 7) is 9.42. The number of hydrogen-bond donors (Lipinski definition) is 0. The monoisotopic (exact) mass is 169 g/mol. The quantitative estimate of drug-likeness (QED) is 0.628. The third-order valence-corrected chi connectivity index (χ3v) is 3.24. The fourth-order valence-corrected chi connectivity index (χ4v) is 2.47. The molecule has 0 unspecified atom stereocenters. The van der Waals surface area contributed by atoms with E-state index < -0.39 is 0 Å². The zero-order chi connectivity index (χ0) is 8.97. The van der Waals surface area contributed by atoms with Gasteiger partial charge in [0.15, 0.2) is 0 Å². The maximum Gasteiger partial charge on any atom is 0.00975 e. The number of hydrogen-bond acceptors (Lipinski definition) is 1. The second-order valence-electron chi connectivity index (χ2n) is 4.15. The van der Waals surface area contributed by atoms with E-state index in [-0.39, 0.29) is 0 Å². The van der Waals surface area contributed by atoms with Gasteiger partial charge in [0, 0.05) is 6.04 Å². The lowest BCUT2D eigenvalue weighted by Crippen LogP contribution is -2.38. The summed E-state index contributed by atoms with van der Waals surface area (Å²) >= 11 is 0. The van der Waals surface area contributed by atoms with Crippen LogP contribution in [0.2, 0.25) is 0 Å². The summed E-state index contributed by atoms with van der Waals surface area (Å²) in [6, 6.07) is 0.892. The van der Waals surface area contributed by atoms with Gasteiger partial charge in [-0.05, 0) is 31.8 Å². The third-order valence-electron chi connectivity index (χ3n) is 3.24. The second kappa shape index (κ2) is 4.86. The van der Waals surface area contributed by atoms with Crippen LogP contribution < -0.4 is 0 Å². The Morgan fingerprint density at radius 3 is 2.33 bits per heavy atom. The topological polar surface area (TPSA) is 3.24 Å². The van der Waals surface area contributed by atoms with Gasteiger partial charge in [-0.2, -0.15) is 0 Å². The molecule has 1 fully saturated rings. The van der Waals surface area contributed by atoms with Gasteiger partial charge >= 0.3 is 0 Å². The van der Waals surface area contributed by atoms with Crippen LogP contribution in [0.4, 0.5) is 0 Å². The lowest BCUT2D eigenvalue weighted by molar-refractivity contribution is 0.147. The highest BCUT2D eigenvalue weighted by molar-refractivity contribution is 4.77. The predicted octanol–water partition coefficient (Wildman–Crippen LogP) is 2.91. The molecule has 2 atom stereocenters. The smallest absolute Gasteiger partial charge is 0.00975 e. The molecule has 0 bridgehead atoms. The zero-order valence-corrected chi connectivity index (χ0v) is 8.84. The maximum atomic E-state index is 2.62. The van der Waals surface area contributed by atoms with Gasteiger partial charge < -0.3 is 4.90 Å². The minimum absolute atomic E-state index is 0.892. The number of nitrogens with zero attached hydrogens (tertiary/aromatic N) is 1. The average molecular weight is 169 g/mol. The van der Waals surface area contributed by atoms with Crippen LogP contribution in [0, 0.1) is 5.92 Å². The highest BCUT2D eigenvalue weighted by Gasteiger charge is 2.22. The highest BCUT2D eigenvalue weighted by Crippen LogP contribution is 2.26. The maximum absolute atomic E-state index is 2.62. The Labute approximate surface area is 77.1 Å². The fraction of sp³-hybridized carbons (Fsp3) is 1.00. The first-order valence-corrected chi connectivity index (χ1v) is 5.52. The first kappa shape index (κ1) is 10.0. The largest absolute Gasteiger partial charge is 0.301 e. The molecule has 1 heteroatoms. The van der Waals surface area contributed by atoms with Gasteiger partial charge in [0.25, 0.3) is 0 Å². The van der Waals surface area contributed by atoms with Gasteiger partial charge in [0.2, 0.25) is 0 Å². The molecule has 0 saturated heterocycles. The highest BCUT2D eigenvalue weighted by atomic mass is 15.1. The zero-order valence-electron chi connectivity index (χ0n) is 8.84. The average Bonchev–Trinajstić information content (AvgIpc) is 2.07. The molecule has 0 aromatic carbocycles. The van der Waals surface area contributed by atoms with Gasteiger partial charge in [0.1, 0.15) is 0 Å². The molecule has 1 aliphatic rings. The van der Waals surface area contributed by atoms with Gasteiger partial charge in [-0.3, -0.25) is 0 Å². The molecule has 72 valence electrons. The fourth-order valence-electron chi connectivity index (χ4n) is 2.47. The van der Waals surface area contributed by atoms with Crippen LogP contribution in [0.25, 0.3) is 0 Å². The molecule has 1 saturated carbocycles. The molecule has 1 aliphatic carbocycles. The second-order valence-corrected chi connectivity index (χ2v) is 4.15. The van der Waals surface area contributed by atoms with Gasteiger partial charge in [-0.25, -0.2) is 0 Å². The molecule has 0 radical (unpaired) electrons. The minimum Gasteiger partial charge on any atom is -0.301 e. The van der Waals surface area contributed by atoms with Crippen molar-refractivity contribution in [3.63, 3.8) is 0 Å². The lowest BCUT2D eigenvalue weighted by Gasteiger charge is -2.35. The SMILES string of the molecule is CCN(CC)[C@H]1CCC[C@H](C)C1. The Hall–Kier alpha value is -0.0400. The van der Waals surface area contributed by atoms with E-state index in [9.17, 15) is 0 Å². The van der Waals surface area contributed by atoms with Crippen LogP contribution in [0.3, 0.4) is 0 Å².